The Morgan fingerprint density at radius 1 is 1.26 bits per heavy atom. The van der Waals surface area contributed by atoms with Crippen LogP contribution in [0.4, 0.5) is 0 Å². The molecule has 1 atom stereocenters. The fourth-order valence-corrected chi connectivity index (χ4v) is 2.87. The number of methoxy groups -OCH3 is 1. The quantitative estimate of drug-likeness (QED) is 0.666. The summed E-state index contributed by atoms with van der Waals surface area (Å²) in [6.45, 7) is 6.63. The highest BCUT2D eigenvalue weighted by Gasteiger charge is 2.13. The topological polar surface area (TPSA) is 39.7 Å². The molecule has 130 valence electrons. The summed E-state index contributed by atoms with van der Waals surface area (Å²) in [7, 11) is 1.69. The van der Waals surface area contributed by atoms with Crippen LogP contribution in [-0.4, -0.2) is 33.5 Å². The number of hydrogen-bond acceptors (Lipinski definition) is 4. The summed E-state index contributed by atoms with van der Waals surface area (Å²) in [6, 6.07) is 6.19. The first-order chi connectivity index (χ1) is 11.3. The normalized spacial score (nSPS) is 17.9. The molecule has 0 amide bonds. The largest absolute Gasteiger partial charge is 0.493 e. The molecule has 0 aromatic heterocycles. The zero-order valence-electron chi connectivity index (χ0n) is 14.6. The molecule has 2 rings (SSSR count). The lowest BCUT2D eigenvalue weighted by Gasteiger charge is -2.22. The molecule has 1 unspecified atom stereocenters. The van der Waals surface area contributed by atoms with Crippen molar-refractivity contribution in [3.05, 3.63) is 23.8 Å². The van der Waals surface area contributed by atoms with Gasteiger partial charge in [-0.15, -0.1) is 0 Å². The van der Waals surface area contributed by atoms with Crippen LogP contribution >= 0.6 is 0 Å². The molecular weight excluding hydrogens is 290 g/mol. The van der Waals surface area contributed by atoms with Gasteiger partial charge in [0.15, 0.2) is 11.5 Å². The van der Waals surface area contributed by atoms with Crippen molar-refractivity contribution in [2.45, 2.75) is 45.6 Å². The molecule has 0 saturated carbocycles. The van der Waals surface area contributed by atoms with Gasteiger partial charge in [-0.3, -0.25) is 0 Å². The Kier molecular flexibility index (Phi) is 8.26. The SMILES string of the molecule is CCCCCOc1cc(CNCC2CCCOC2)ccc1OC. The first kappa shape index (κ1) is 18.1. The summed E-state index contributed by atoms with van der Waals surface area (Å²) < 4.78 is 16.8. The number of ether oxygens (including phenoxy) is 3. The maximum atomic E-state index is 5.89. The van der Waals surface area contributed by atoms with Gasteiger partial charge in [-0.25, -0.2) is 0 Å². The summed E-state index contributed by atoms with van der Waals surface area (Å²) in [5.74, 6) is 2.31. The molecule has 23 heavy (non-hydrogen) atoms. The van der Waals surface area contributed by atoms with Crippen molar-refractivity contribution in [1.29, 1.82) is 0 Å². The summed E-state index contributed by atoms with van der Waals surface area (Å²) in [5.41, 5.74) is 1.23. The van der Waals surface area contributed by atoms with Gasteiger partial charge in [0.2, 0.25) is 0 Å². The number of benzene rings is 1. The lowest BCUT2D eigenvalue weighted by Crippen LogP contribution is -2.28. The highest BCUT2D eigenvalue weighted by Crippen LogP contribution is 2.28. The third-order valence-corrected chi connectivity index (χ3v) is 4.25. The Morgan fingerprint density at radius 2 is 2.17 bits per heavy atom. The second-order valence-electron chi connectivity index (χ2n) is 6.25. The minimum atomic E-state index is 0.645. The summed E-state index contributed by atoms with van der Waals surface area (Å²) in [4.78, 5) is 0. The summed E-state index contributed by atoms with van der Waals surface area (Å²) >= 11 is 0. The summed E-state index contributed by atoms with van der Waals surface area (Å²) in [6.07, 6.45) is 5.94. The van der Waals surface area contributed by atoms with Crippen molar-refractivity contribution >= 4 is 0 Å². The van der Waals surface area contributed by atoms with Crippen molar-refractivity contribution in [2.75, 3.05) is 33.5 Å². The number of nitrogens with one attached hydrogen (secondary N) is 1. The molecule has 1 aliphatic rings. The first-order valence-electron chi connectivity index (χ1n) is 8.91. The van der Waals surface area contributed by atoms with Crippen LogP contribution in [0.25, 0.3) is 0 Å². The molecule has 1 fully saturated rings. The molecule has 1 N–H and O–H groups in total. The maximum absolute atomic E-state index is 5.89. The van der Waals surface area contributed by atoms with Crippen LogP contribution in [0.2, 0.25) is 0 Å². The molecule has 1 heterocycles. The fourth-order valence-electron chi connectivity index (χ4n) is 2.87. The first-order valence-corrected chi connectivity index (χ1v) is 8.91. The monoisotopic (exact) mass is 321 g/mol. The lowest BCUT2D eigenvalue weighted by atomic mass is 10.0. The predicted octanol–water partition coefficient (Wildman–Crippen LogP) is 3.78. The van der Waals surface area contributed by atoms with Crippen LogP contribution in [0, 0.1) is 5.92 Å². The van der Waals surface area contributed by atoms with E-state index in [0.29, 0.717) is 5.92 Å². The average Bonchev–Trinajstić information content (AvgIpc) is 2.60. The van der Waals surface area contributed by atoms with Crippen molar-refractivity contribution in [2.24, 2.45) is 5.92 Å². The van der Waals surface area contributed by atoms with Crippen LogP contribution in [0.3, 0.4) is 0 Å². The van der Waals surface area contributed by atoms with E-state index in [4.69, 9.17) is 14.2 Å². The van der Waals surface area contributed by atoms with Gasteiger partial charge in [0, 0.05) is 19.7 Å². The van der Waals surface area contributed by atoms with Crippen LogP contribution in [0.5, 0.6) is 11.5 Å². The molecule has 0 bridgehead atoms. The van der Waals surface area contributed by atoms with Crippen LogP contribution in [0.15, 0.2) is 18.2 Å². The smallest absolute Gasteiger partial charge is 0.161 e. The number of rotatable bonds is 10. The van der Waals surface area contributed by atoms with Gasteiger partial charge < -0.3 is 19.5 Å². The minimum Gasteiger partial charge on any atom is -0.493 e. The fraction of sp³-hybridized carbons (Fsp3) is 0.684. The van der Waals surface area contributed by atoms with Gasteiger partial charge in [-0.05, 0) is 42.9 Å². The van der Waals surface area contributed by atoms with Gasteiger partial charge in [-0.2, -0.15) is 0 Å². The van der Waals surface area contributed by atoms with E-state index in [-0.39, 0.29) is 0 Å². The Hall–Kier alpha value is -1.26. The second-order valence-corrected chi connectivity index (χ2v) is 6.25. The maximum Gasteiger partial charge on any atom is 0.161 e. The van der Waals surface area contributed by atoms with Gasteiger partial charge in [0.1, 0.15) is 0 Å². The van der Waals surface area contributed by atoms with E-state index in [2.05, 4.69) is 24.4 Å². The van der Waals surface area contributed by atoms with Crippen molar-refractivity contribution < 1.29 is 14.2 Å². The molecule has 4 heteroatoms. The predicted molar refractivity (Wildman–Crippen MR) is 93.3 cm³/mol. The van der Waals surface area contributed by atoms with E-state index in [1.165, 1.54) is 31.2 Å². The van der Waals surface area contributed by atoms with E-state index in [1.807, 2.05) is 6.07 Å². The molecule has 1 aromatic carbocycles. The third kappa shape index (κ3) is 6.40. The molecule has 4 nitrogen and oxygen atoms in total. The van der Waals surface area contributed by atoms with E-state index in [1.54, 1.807) is 7.11 Å². The van der Waals surface area contributed by atoms with E-state index >= 15 is 0 Å². The minimum absolute atomic E-state index is 0.645. The Bertz CT molecular complexity index is 444. The van der Waals surface area contributed by atoms with Crippen LogP contribution in [0.1, 0.15) is 44.6 Å². The van der Waals surface area contributed by atoms with Gasteiger partial charge in [-0.1, -0.05) is 25.8 Å². The zero-order valence-corrected chi connectivity index (χ0v) is 14.6. The molecule has 0 radical (unpaired) electrons. The third-order valence-electron chi connectivity index (χ3n) is 4.25. The van der Waals surface area contributed by atoms with E-state index in [0.717, 1.165) is 50.8 Å². The second kappa shape index (κ2) is 10.5. The highest BCUT2D eigenvalue weighted by molar-refractivity contribution is 5.42. The van der Waals surface area contributed by atoms with Gasteiger partial charge >= 0.3 is 0 Å². The van der Waals surface area contributed by atoms with Crippen molar-refractivity contribution in [3.8, 4) is 11.5 Å². The van der Waals surface area contributed by atoms with Crippen LogP contribution < -0.4 is 14.8 Å². The zero-order chi connectivity index (χ0) is 16.3. The molecule has 1 aromatic rings. The lowest BCUT2D eigenvalue weighted by molar-refractivity contribution is 0.0547. The Balaban J connectivity index is 1.80. The molecule has 1 aliphatic heterocycles. The van der Waals surface area contributed by atoms with E-state index < -0.39 is 0 Å². The Morgan fingerprint density at radius 3 is 2.91 bits per heavy atom. The van der Waals surface area contributed by atoms with Crippen LogP contribution in [-0.2, 0) is 11.3 Å². The molecule has 0 aliphatic carbocycles. The number of hydrogen-bond donors (Lipinski definition) is 1. The van der Waals surface area contributed by atoms with Crippen molar-refractivity contribution in [1.82, 2.24) is 5.32 Å². The molecule has 0 spiro atoms. The van der Waals surface area contributed by atoms with Gasteiger partial charge in [0.25, 0.3) is 0 Å². The molecular formula is C19H31NO3. The molecule has 1 saturated heterocycles. The number of unbranched alkanes of at least 4 members (excludes halogenated alkanes) is 2. The van der Waals surface area contributed by atoms with Gasteiger partial charge in [0.05, 0.1) is 20.3 Å². The summed E-state index contributed by atoms with van der Waals surface area (Å²) in [5, 5.41) is 3.54. The Labute approximate surface area is 140 Å². The highest BCUT2D eigenvalue weighted by atomic mass is 16.5. The average molecular weight is 321 g/mol. The standard InChI is InChI=1S/C19H31NO3/c1-3-4-5-11-23-19-12-16(8-9-18(19)21-2)13-20-14-17-7-6-10-22-15-17/h8-9,12,17,20H,3-7,10-11,13-15H2,1-2H3. The van der Waals surface area contributed by atoms with Crippen molar-refractivity contribution in [3.63, 3.8) is 0 Å². The van der Waals surface area contributed by atoms with E-state index in [9.17, 15) is 0 Å².